The van der Waals surface area contributed by atoms with E-state index in [0.717, 1.165) is 24.4 Å². The van der Waals surface area contributed by atoms with E-state index < -0.39 is 0 Å². The molecule has 0 saturated heterocycles. The molecule has 0 atom stereocenters. The number of aryl methyl sites for hydroxylation is 2. The Labute approximate surface area is 123 Å². The van der Waals surface area contributed by atoms with Crippen LogP contribution in [0, 0.1) is 25.7 Å². The monoisotopic (exact) mass is 273 g/mol. The SMILES string of the molecule is CCCC1CCC(C(=O)Nc2ccc(C)c(C)c2)CC1. The number of anilines is 1. The first kappa shape index (κ1) is 15.1. The van der Waals surface area contributed by atoms with Crippen molar-refractivity contribution in [2.75, 3.05) is 5.32 Å². The van der Waals surface area contributed by atoms with Gasteiger partial charge in [0.25, 0.3) is 0 Å². The fraction of sp³-hybridized carbons (Fsp3) is 0.611. The number of rotatable bonds is 4. The summed E-state index contributed by atoms with van der Waals surface area (Å²) in [6, 6.07) is 6.14. The van der Waals surface area contributed by atoms with Crippen LogP contribution in [0.4, 0.5) is 5.69 Å². The number of carbonyl (C=O) groups excluding carboxylic acids is 1. The number of benzene rings is 1. The molecule has 0 unspecified atom stereocenters. The average molecular weight is 273 g/mol. The van der Waals surface area contributed by atoms with Gasteiger partial charge in [-0.3, -0.25) is 4.79 Å². The maximum Gasteiger partial charge on any atom is 0.227 e. The highest BCUT2D eigenvalue weighted by atomic mass is 16.1. The molecular weight excluding hydrogens is 246 g/mol. The van der Waals surface area contributed by atoms with E-state index in [2.05, 4.69) is 38.2 Å². The molecule has 0 radical (unpaired) electrons. The molecule has 1 saturated carbocycles. The molecule has 0 heterocycles. The van der Waals surface area contributed by atoms with Gasteiger partial charge in [-0.15, -0.1) is 0 Å². The van der Waals surface area contributed by atoms with Gasteiger partial charge in [-0.05, 0) is 68.7 Å². The van der Waals surface area contributed by atoms with E-state index in [9.17, 15) is 4.79 Å². The predicted molar refractivity (Wildman–Crippen MR) is 84.9 cm³/mol. The van der Waals surface area contributed by atoms with E-state index in [1.807, 2.05) is 6.07 Å². The minimum Gasteiger partial charge on any atom is -0.326 e. The molecule has 0 aliphatic heterocycles. The van der Waals surface area contributed by atoms with Gasteiger partial charge in [-0.25, -0.2) is 0 Å². The first-order valence-electron chi connectivity index (χ1n) is 7.98. The van der Waals surface area contributed by atoms with Crippen molar-refractivity contribution in [1.29, 1.82) is 0 Å². The molecule has 1 aromatic rings. The smallest absolute Gasteiger partial charge is 0.227 e. The Bertz CT molecular complexity index is 458. The van der Waals surface area contributed by atoms with Gasteiger partial charge < -0.3 is 5.32 Å². The average Bonchev–Trinajstić information content (AvgIpc) is 2.44. The Morgan fingerprint density at radius 3 is 2.45 bits per heavy atom. The van der Waals surface area contributed by atoms with Crippen LogP contribution < -0.4 is 5.32 Å². The summed E-state index contributed by atoms with van der Waals surface area (Å²) in [4.78, 5) is 12.3. The van der Waals surface area contributed by atoms with Crippen LogP contribution in [-0.2, 0) is 4.79 Å². The van der Waals surface area contributed by atoms with Gasteiger partial charge >= 0.3 is 0 Å². The van der Waals surface area contributed by atoms with Crippen LogP contribution in [0.25, 0.3) is 0 Å². The second-order valence-corrected chi connectivity index (χ2v) is 6.29. The van der Waals surface area contributed by atoms with Crippen LogP contribution in [0.1, 0.15) is 56.6 Å². The molecule has 2 rings (SSSR count). The Kier molecular flexibility index (Phi) is 5.22. The molecule has 0 spiro atoms. The van der Waals surface area contributed by atoms with Crippen LogP contribution in [0.15, 0.2) is 18.2 Å². The van der Waals surface area contributed by atoms with Crippen molar-refractivity contribution in [3.63, 3.8) is 0 Å². The van der Waals surface area contributed by atoms with E-state index in [1.165, 1.54) is 36.8 Å². The molecule has 1 aromatic carbocycles. The summed E-state index contributed by atoms with van der Waals surface area (Å²) in [5, 5.41) is 3.09. The Morgan fingerprint density at radius 1 is 1.15 bits per heavy atom. The minimum absolute atomic E-state index is 0.211. The fourth-order valence-corrected chi connectivity index (χ4v) is 3.19. The van der Waals surface area contributed by atoms with Gasteiger partial charge in [0, 0.05) is 11.6 Å². The summed E-state index contributed by atoms with van der Waals surface area (Å²) in [7, 11) is 0. The number of hydrogen-bond acceptors (Lipinski definition) is 1. The molecule has 2 heteroatoms. The Hall–Kier alpha value is -1.31. The molecule has 110 valence electrons. The molecule has 1 amide bonds. The summed E-state index contributed by atoms with van der Waals surface area (Å²) in [5.41, 5.74) is 3.44. The fourth-order valence-electron chi connectivity index (χ4n) is 3.19. The van der Waals surface area contributed by atoms with Crippen LogP contribution in [-0.4, -0.2) is 5.91 Å². The molecule has 1 aliphatic rings. The van der Waals surface area contributed by atoms with E-state index in [4.69, 9.17) is 0 Å². The van der Waals surface area contributed by atoms with Crippen molar-refractivity contribution in [2.45, 2.75) is 59.3 Å². The van der Waals surface area contributed by atoms with Crippen LogP contribution >= 0.6 is 0 Å². The zero-order valence-corrected chi connectivity index (χ0v) is 13.0. The lowest BCUT2D eigenvalue weighted by atomic mass is 9.80. The first-order valence-corrected chi connectivity index (χ1v) is 7.98. The summed E-state index contributed by atoms with van der Waals surface area (Å²) < 4.78 is 0. The largest absolute Gasteiger partial charge is 0.326 e. The van der Waals surface area contributed by atoms with Crippen molar-refractivity contribution in [3.8, 4) is 0 Å². The van der Waals surface area contributed by atoms with Gasteiger partial charge in [-0.1, -0.05) is 25.8 Å². The van der Waals surface area contributed by atoms with E-state index in [0.29, 0.717) is 0 Å². The maximum absolute atomic E-state index is 12.3. The van der Waals surface area contributed by atoms with Gasteiger partial charge in [0.1, 0.15) is 0 Å². The first-order chi connectivity index (χ1) is 9.60. The second kappa shape index (κ2) is 6.92. The van der Waals surface area contributed by atoms with Crippen molar-refractivity contribution < 1.29 is 4.79 Å². The van der Waals surface area contributed by atoms with Crippen molar-refractivity contribution >= 4 is 11.6 Å². The van der Waals surface area contributed by atoms with E-state index >= 15 is 0 Å². The Balaban J connectivity index is 1.88. The van der Waals surface area contributed by atoms with Crippen molar-refractivity contribution in [3.05, 3.63) is 29.3 Å². The summed E-state index contributed by atoms with van der Waals surface area (Å²) in [6.07, 6.45) is 7.15. The highest BCUT2D eigenvalue weighted by molar-refractivity contribution is 5.92. The molecule has 0 aromatic heterocycles. The third kappa shape index (κ3) is 3.84. The quantitative estimate of drug-likeness (QED) is 0.835. The number of amides is 1. The predicted octanol–water partition coefficient (Wildman–Crippen LogP) is 4.85. The third-order valence-corrected chi connectivity index (χ3v) is 4.69. The van der Waals surface area contributed by atoms with Crippen molar-refractivity contribution in [2.24, 2.45) is 11.8 Å². The lowest BCUT2D eigenvalue weighted by Crippen LogP contribution is -2.27. The molecular formula is C18H27NO. The van der Waals surface area contributed by atoms with Gasteiger partial charge in [0.15, 0.2) is 0 Å². The third-order valence-electron chi connectivity index (χ3n) is 4.69. The zero-order valence-electron chi connectivity index (χ0n) is 13.0. The van der Waals surface area contributed by atoms with E-state index in [1.54, 1.807) is 0 Å². The number of carbonyl (C=O) groups is 1. The zero-order chi connectivity index (χ0) is 14.5. The highest BCUT2D eigenvalue weighted by Gasteiger charge is 2.25. The summed E-state index contributed by atoms with van der Waals surface area (Å²) >= 11 is 0. The van der Waals surface area contributed by atoms with Crippen LogP contribution in [0.5, 0.6) is 0 Å². The number of hydrogen-bond donors (Lipinski definition) is 1. The number of nitrogens with one attached hydrogen (secondary N) is 1. The Morgan fingerprint density at radius 2 is 1.85 bits per heavy atom. The molecule has 20 heavy (non-hydrogen) atoms. The molecule has 2 nitrogen and oxygen atoms in total. The van der Waals surface area contributed by atoms with Gasteiger partial charge in [0.2, 0.25) is 5.91 Å². The van der Waals surface area contributed by atoms with Gasteiger partial charge in [0.05, 0.1) is 0 Å². The standard InChI is InChI=1S/C18H27NO/c1-4-5-15-7-9-16(10-8-15)18(20)19-17-11-6-13(2)14(3)12-17/h6,11-12,15-16H,4-5,7-10H2,1-3H3,(H,19,20). The highest BCUT2D eigenvalue weighted by Crippen LogP contribution is 2.32. The normalized spacial score (nSPS) is 22.6. The maximum atomic E-state index is 12.3. The molecule has 0 bridgehead atoms. The molecule has 1 aliphatic carbocycles. The van der Waals surface area contributed by atoms with E-state index in [-0.39, 0.29) is 11.8 Å². The second-order valence-electron chi connectivity index (χ2n) is 6.29. The van der Waals surface area contributed by atoms with Crippen LogP contribution in [0.2, 0.25) is 0 Å². The molecule has 1 fully saturated rings. The molecule has 1 N–H and O–H groups in total. The summed E-state index contributed by atoms with van der Waals surface area (Å²) in [6.45, 7) is 6.43. The van der Waals surface area contributed by atoms with Crippen LogP contribution in [0.3, 0.4) is 0 Å². The van der Waals surface area contributed by atoms with Gasteiger partial charge in [-0.2, -0.15) is 0 Å². The lowest BCUT2D eigenvalue weighted by Gasteiger charge is -2.27. The minimum atomic E-state index is 0.211. The topological polar surface area (TPSA) is 29.1 Å². The van der Waals surface area contributed by atoms with Crippen molar-refractivity contribution in [1.82, 2.24) is 0 Å². The lowest BCUT2D eigenvalue weighted by molar-refractivity contribution is -0.121. The summed E-state index contributed by atoms with van der Waals surface area (Å²) in [5.74, 6) is 1.28.